The van der Waals surface area contributed by atoms with E-state index in [4.69, 9.17) is 15.3 Å². The average Bonchev–Trinajstić information content (AvgIpc) is 3.20. The SMILES string of the molecule is CC(C)(C)OC(=O)[C@H](CSC(c1ccccc1)(c1ccccc1)c1ccccc1)CN(N)C1CCOc2c(C(=O)N[C@@H](Cc3ccccc3)C(=O)O)cccc21. The van der Waals surface area contributed by atoms with Gasteiger partial charge in [0, 0.05) is 30.7 Å². The molecule has 9 nitrogen and oxygen atoms in total. The lowest BCUT2D eigenvalue weighted by Gasteiger charge is -2.38. The number of para-hydroxylation sites is 1. The van der Waals surface area contributed by atoms with E-state index in [2.05, 4.69) is 41.7 Å². The molecule has 1 aliphatic heterocycles. The van der Waals surface area contributed by atoms with Crippen molar-refractivity contribution in [2.45, 2.75) is 56.0 Å². The van der Waals surface area contributed by atoms with Crippen molar-refractivity contribution in [3.8, 4) is 5.75 Å². The van der Waals surface area contributed by atoms with E-state index in [-0.39, 0.29) is 31.1 Å². The fourth-order valence-electron chi connectivity index (χ4n) is 7.17. The first kappa shape index (κ1) is 40.2. The van der Waals surface area contributed by atoms with Crippen LogP contribution in [0.3, 0.4) is 0 Å². The Balaban J connectivity index is 1.29. The highest BCUT2D eigenvalue weighted by atomic mass is 32.2. The van der Waals surface area contributed by atoms with Gasteiger partial charge in [0.2, 0.25) is 0 Å². The summed E-state index contributed by atoms with van der Waals surface area (Å²) in [6.45, 7) is 6.00. The Hall–Kier alpha value is -5.42. The minimum absolute atomic E-state index is 0.126. The lowest BCUT2D eigenvalue weighted by molar-refractivity contribution is -0.160. The molecule has 0 spiro atoms. The number of carboxylic acid groups (broad SMARTS) is 1. The highest BCUT2D eigenvalue weighted by Crippen LogP contribution is 2.49. The van der Waals surface area contributed by atoms with Crippen LogP contribution in [0.5, 0.6) is 5.75 Å². The Bertz CT molecular complexity index is 1980. The van der Waals surface area contributed by atoms with E-state index in [1.165, 1.54) is 0 Å². The third-order valence-electron chi connectivity index (χ3n) is 9.79. The monoisotopic (exact) mass is 771 g/mol. The van der Waals surface area contributed by atoms with E-state index in [1.807, 2.05) is 112 Å². The molecular weight excluding hydrogens is 723 g/mol. The number of hydrogen-bond acceptors (Lipinski definition) is 8. The standard InChI is InChI=1S/C46H49N3O6S/c1-45(2,3)55-44(53)33(31-56-46(34-19-10-5-11-20-34,35-21-12-6-13-22-35)36-23-14-7-15-24-36)30-49(47)40-27-28-54-41-37(40)25-16-26-38(41)42(50)48-39(43(51)52)29-32-17-8-4-9-18-32/h4-26,33,39-40H,27-31,47H2,1-3H3,(H,48,50)(H,51,52)/t33-,39-,40?/m0/s1. The number of nitrogens with zero attached hydrogens (tertiary/aromatic N) is 1. The quantitative estimate of drug-likeness (QED) is 0.0423. The number of benzene rings is 5. The normalized spacial score (nSPS) is 15.2. The third kappa shape index (κ3) is 9.50. The molecule has 10 heteroatoms. The second-order valence-corrected chi connectivity index (χ2v) is 16.2. The summed E-state index contributed by atoms with van der Waals surface area (Å²) in [5.41, 5.74) is 4.20. The van der Waals surface area contributed by atoms with Gasteiger partial charge in [0.05, 0.1) is 28.9 Å². The maximum absolute atomic E-state index is 14.1. The van der Waals surface area contributed by atoms with Crippen molar-refractivity contribution in [1.29, 1.82) is 0 Å². The van der Waals surface area contributed by atoms with Gasteiger partial charge in [0.1, 0.15) is 17.4 Å². The molecule has 5 aromatic rings. The van der Waals surface area contributed by atoms with Gasteiger partial charge in [0.25, 0.3) is 5.91 Å². The van der Waals surface area contributed by atoms with Crippen molar-refractivity contribution >= 4 is 29.6 Å². The van der Waals surface area contributed by atoms with Crippen LogP contribution in [0.25, 0.3) is 0 Å². The fraction of sp³-hybridized carbons (Fsp3) is 0.283. The topological polar surface area (TPSA) is 131 Å². The van der Waals surface area contributed by atoms with Gasteiger partial charge < -0.3 is 19.9 Å². The molecule has 3 atom stereocenters. The summed E-state index contributed by atoms with van der Waals surface area (Å²) in [7, 11) is 0. The molecule has 56 heavy (non-hydrogen) atoms. The van der Waals surface area contributed by atoms with Gasteiger partial charge in [-0.1, -0.05) is 133 Å². The van der Waals surface area contributed by atoms with Crippen LogP contribution in [0.15, 0.2) is 140 Å². The number of carbonyl (C=O) groups is 3. The van der Waals surface area contributed by atoms with Gasteiger partial charge in [-0.25, -0.2) is 9.80 Å². The number of nitrogens with one attached hydrogen (secondary N) is 1. The first-order chi connectivity index (χ1) is 27.0. The van der Waals surface area contributed by atoms with Crippen LogP contribution >= 0.6 is 11.8 Å². The van der Waals surface area contributed by atoms with E-state index in [0.717, 1.165) is 22.3 Å². The number of ether oxygens (including phenoxy) is 2. The zero-order valence-electron chi connectivity index (χ0n) is 32.0. The lowest BCUT2D eigenvalue weighted by Crippen LogP contribution is -2.45. The Morgan fingerprint density at radius 3 is 1.88 bits per heavy atom. The van der Waals surface area contributed by atoms with Crippen molar-refractivity contribution in [3.05, 3.63) is 173 Å². The molecule has 1 aliphatic rings. The van der Waals surface area contributed by atoms with Gasteiger partial charge in [-0.3, -0.25) is 15.4 Å². The molecule has 0 saturated heterocycles. The number of carboxylic acids is 1. The molecule has 1 heterocycles. The maximum atomic E-state index is 14.1. The summed E-state index contributed by atoms with van der Waals surface area (Å²) >= 11 is 1.67. The number of rotatable bonds is 15. The number of hydrazine groups is 1. The molecule has 0 aliphatic carbocycles. The van der Waals surface area contributed by atoms with Crippen LogP contribution in [0.2, 0.25) is 0 Å². The van der Waals surface area contributed by atoms with E-state index in [9.17, 15) is 19.5 Å². The first-order valence-corrected chi connectivity index (χ1v) is 19.8. The molecule has 1 unspecified atom stereocenters. The van der Waals surface area contributed by atoms with E-state index >= 15 is 0 Å². The predicted octanol–water partition coefficient (Wildman–Crippen LogP) is 7.79. The molecular formula is C46H49N3O6S. The maximum Gasteiger partial charge on any atom is 0.326 e. The number of thioether (sulfide) groups is 1. The first-order valence-electron chi connectivity index (χ1n) is 18.8. The Labute approximate surface area is 333 Å². The lowest BCUT2D eigenvalue weighted by atomic mass is 9.84. The molecule has 0 radical (unpaired) electrons. The van der Waals surface area contributed by atoms with Crippen molar-refractivity contribution < 1.29 is 29.0 Å². The summed E-state index contributed by atoms with van der Waals surface area (Å²) < 4.78 is 11.5. The minimum Gasteiger partial charge on any atom is -0.492 e. The van der Waals surface area contributed by atoms with Crippen molar-refractivity contribution in [2.75, 3.05) is 18.9 Å². The summed E-state index contributed by atoms with van der Waals surface area (Å²) in [6.07, 6.45) is 0.637. The summed E-state index contributed by atoms with van der Waals surface area (Å²) in [5.74, 6) is 4.97. The molecule has 0 aromatic heterocycles. The number of amides is 1. The predicted molar refractivity (Wildman–Crippen MR) is 220 cm³/mol. The van der Waals surface area contributed by atoms with Crippen LogP contribution in [0.4, 0.5) is 0 Å². The molecule has 0 saturated carbocycles. The zero-order valence-corrected chi connectivity index (χ0v) is 32.8. The Morgan fingerprint density at radius 2 is 1.36 bits per heavy atom. The van der Waals surface area contributed by atoms with Gasteiger partial charge in [0.15, 0.2) is 0 Å². The number of aliphatic carboxylic acids is 1. The molecule has 0 fully saturated rings. The Morgan fingerprint density at radius 1 is 0.821 bits per heavy atom. The van der Waals surface area contributed by atoms with Crippen LogP contribution in [-0.4, -0.2) is 58.5 Å². The van der Waals surface area contributed by atoms with Crippen molar-refractivity contribution in [1.82, 2.24) is 10.3 Å². The smallest absolute Gasteiger partial charge is 0.326 e. The van der Waals surface area contributed by atoms with Crippen LogP contribution in [0, 0.1) is 5.92 Å². The van der Waals surface area contributed by atoms with Gasteiger partial charge in [-0.2, -0.15) is 0 Å². The number of esters is 1. The van der Waals surface area contributed by atoms with Crippen LogP contribution in [0.1, 0.15) is 71.4 Å². The number of carbonyl (C=O) groups excluding carboxylic acids is 2. The van der Waals surface area contributed by atoms with E-state index < -0.39 is 40.2 Å². The summed E-state index contributed by atoms with van der Waals surface area (Å²) in [6, 6.07) is 43.8. The number of nitrogens with two attached hydrogens (primary N) is 1. The molecule has 1 amide bonds. The second-order valence-electron chi connectivity index (χ2n) is 14.9. The number of fused-ring (bicyclic) bond motifs is 1. The van der Waals surface area contributed by atoms with Crippen molar-refractivity contribution in [3.63, 3.8) is 0 Å². The van der Waals surface area contributed by atoms with Crippen LogP contribution in [-0.2, 0) is 25.5 Å². The summed E-state index contributed by atoms with van der Waals surface area (Å²) in [5, 5.41) is 14.3. The van der Waals surface area contributed by atoms with Crippen LogP contribution < -0.4 is 15.9 Å². The molecule has 5 aromatic carbocycles. The zero-order chi connectivity index (χ0) is 39.7. The third-order valence-corrected chi connectivity index (χ3v) is 11.5. The minimum atomic E-state index is -1.15. The molecule has 0 bridgehead atoms. The molecule has 6 rings (SSSR count). The molecule has 290 valence electrons. The fourth-order valence-corrected chi connectivity index (χ4v) is 8.77. The van der Waals surface area contributed by atoms with Gasteiger partial charge in [-0.15, -0.1) is 11.8 Å². The van der Waals surface area contributed by atoms with E-state index in [1.54, 1.807) is 28.9 Å². The second kappa shape index (κ2) is 18.0. The largest absolute Gasteiger partial charge is 0.492 e. The van der Waals surface area contributed by atoms with Crippen molar-refractivity contribution in [2.24, 2.45) is 11.8 Å². The Kier molecular flexibility index (Phi) is 13.0. The highest BCUT2D eigenvalue weighted by molar-refractivity contribution is 8.00. The number of hydrogen-bond donors (Lipinski definition) is 3. The average molecular weight is 772 g/mol. The highest BCUT2D eigenvalue weighted by Gasteiger charge is 2.40. The van der Waals surface area contributed by atoms with E-state index in [0.29, 0.717) is 23.5 Å². The van der Waals surface area contributed by atoms with Gasteiger partial charge in [-0.05, 0) is 49.1 Å². The summed E-state index contributed by atoms with van der Waals surface area (Å²) in [4.78, 5) is 40.0. The molecule has 4 N–H and O–H groups in total. The van der Waals surface area contributed by atoms with Gasteiger partial charge >= 0.3 is 11.9 Å².